The average Bonchev–Trinajstić information content (AvgIpc) is 2.77. The van der Waals surface area contributed by atoms with Crippen molar-refractivity contribution in [3.63, 3.8) is 0 Å². The lowest BCUT2D eigenvalue weighted by Crippen LogP contribution is -2.37. The van der Waals surface area contributed by atoms with Crippen LogP contribution in [0.15, 0.2) is 95.4 Å². The van der Waals surface area contributed by atoms with Gasteiger partial charge in [0.05, 0.1) is 4.90 Å². The fourth-order valence-corrected chi connectivity index (χ4v) is 5.60. The molecule has 1 fully saturated rings. The lowest BCUT2D eigenvalue weighted by atomic mass is 9.87. The van der Waals surface area contributed by atoms with Crippen molar-refractivity contribution >= 4 is 38.8 Å². The van der Waals surface area contributed by atoms with Gasteiger partial charge in [0.1, 0.15) is 0 Å². The minimum atomic E-state index is -3.59. The highest BCUT2D eigenvalue weighted by atomic mass is 35.5. The van der Waals surface area contributed by atoms with Crippen LogP contribution in [0.4, 0.5) is 0 Å². The van der Waals surface area contributed by atoms with E-state index in [1.165, 1.54) is 4.31 Å². The van der Waals surface area contributed by atoms with Gasteiger partial charge in [-0.1, -0.05) is 71.7 Å². The summed E-state index contributed by atoms with van der Waals surface area (Å²) in [7, 11) is -3.59. The molecular formula is C26H23Cl2NO2S. The Morgan fingerprint density at radius 3 is 1.81 bits per heavy atom. The molecule has 6 heteroatoms. The van der Waals surface area contributed by atoms with Crippen LogP contribution in [0.5, 0.6) is 0 Å². The molecule has 0 bridgehead atoms. The van der Waals surface area contributed by atoms with E-state index in [1.54, 1.807) is 12.1 Å². The van der Waals surface area contributed by atoms with E-state index in [9.17, 15) is 8.42 Å². The summed E-state index contributed by atoms with van der Waals surface area (Å²) in [6.07, 6.45) is 0.560. The largest absolute Gasteiger partial charge is 0.243 e. The van der Waals surface area contributed by atoms with Crippen LogP contribution in [0.25, 0.3) is 5.57 Å². The summed E-state index contributed by atoms with van der Waals surface area (Å²) >= 11 is 12.2. The molecule has 0 amide bonds. The monoisotopic (exact) mass is 483 g/mol. The van der Waals surface area contributed by atoms with Gasteiger partial charge in [0.25, 0.3) is 0 Å². The zero-order valence-corrected chi connectivity index (χ0v) is 20.0. The molecule has 0 saturated carbocycles. The third-order valence-electron chi connectivity index (χ3n) is 5.63. The number of benzene rings is 3. The number of sulfonamides is 1. The summed E-state index contributed by atoms with van der Waals surface area (Å²) in [6.45, 7) is 6.82. The summed E-state index contributed by atoms with van der Waals surface area (Å²) < 4.78 is 27.9. The maximum absolute atomic E-state index is 13.2. The van der Waals surface area contributed by atoms with Crippen molar-refractivity contribution < 1.29 is 8.42 Å². The van der Waals surface area contributed by atoms with Gasteiger partial charge in [-0.2, -0.15) is 4.31 Å². The molecule has 0 spiro atoms. The lowest BCUT2D eigenvalue weighted by Gasteiger charge is -2.31. The molecule has 1 aliphatic rings. The summed E-state index contributed by atoms with van der Waals surface area (Å²) in [4.78, 5) is 0.305. The maximum atomic E-state index is 13.2. The highest BCUT2D eigenvalue weighted by Crippen LogP contribution is 2.36. The predicted octanol–water partition coefficient (Wildman–Crippen LogP) is 6.75. The fraction of sp³-hybridized carbons (Fsp3) is 0.154. The van der Waals surface area contributed by atoms with Gasteiger partial charge >= 0.3 is 0 Å². The van der Waals surface area contributed by atoms with E-state index in [-0.39, 0.29) is 6.54 Å². The van der Waals surface area contributed by atoms with E-state index < -0.39 is 10.0 Å². The van der Waals surface area contributed by atoms with E-state index >= 15 is 0 Å². The van der Waals surface area contributed by atoms with Crippen molar-refractivity contribution in [2.24, 2.45) is 0 Å². The Hall–Kier alpha value is -2.37. The van der Waals surface area contributed by atoms with Gasteiger partial charge in [0.2, 0.25) is 10.0 Å². The highest BCUT2D eigenvalue weighted by Gasteiger charge is 2.30. The molecule has 0 atom stereocenters. The molecule has 0 N–H and O–H groups in total. The molecule has 0 aromatic heterocycles. The first kappa shape index (κ1) is 22.8. The Labute approximate surface area is 199 Å². The van der Waals surface area contributed by atoms with Gasteiger partial charge in [-0.25, -0.2) is 8.42 Å². The predicted molar refractivity (Wildman–Crippen MR) is 133 cm³/mol. The van der Waals surface area contributed by atoms with Crippen LogP contribution >= 0.6 is 23.2 Å². The Kier molecular flexibility index (Phi) is 6.59. The molecule has 32 heavy (non-hydrogen) atoms. The topological polar surface area (TPSA) is 37.4 Å². The van der Waals surface area contributed by atoms with Crippen molar-refractivity contribution in [2.45, 2.75) is 18.2 Å². The number of aryl methyl sites for hydroxylation is 1. The fourth-order valence-electron chi connectivity index (χ4n) is 3.92. The second-order valence-electron chi connectivity index (χ2n) is 7.87. The van der Waals surface area contributed by atoms with Crippen LogP contribution in [0.1, 0.15) is 23.1 Å². The smallest absolute Gasteiger partial charge is 0.207 e. The van der Waals surface area contributed by atoms with E-state index in [0.29, 0.717) is 27.9 Å². The van der Waals surface area contributed by atoms with Gasteiger partial charge in [-0.3, -0.25) is 0 Å². The molecule has 0 unspecified atom stereocenters. The van der Waals surface area contributed by atoms with Gasteiger partial charge in [0.15, 0.2) is 0 Å². The van der Waals surface area contributed by atoms with E-state index in [0.717, 1.165) is 33.4 Å². The average molecular weight is 484 g/mol. The summed E-state index contributed by atoms with van der Waals surface area (Å²) in [5, 5.41) is 1.32. The second kappa shape index (κ2) is 9.24. The van der Waals surface area contributed by atoms with E-state index in [4.69, 9.17) is 23.2 Å². The normalized spacial score (nSPS) is 15.1. The summed E-state index contributed by atoms with van der Waals surface area (Å²) in [5.74, 6) is 0. The Morgan fingerprint density at radius 2 is 1.34 bits per heavy atom. The van der Waals surface area contributed by atoms with Crippen molar-refractivity contribution in [1.82, 2.24) is 4.31 Å². The first-order chi connectivity index (χ1) is 15.3. The Balaban J connectivity index is 1.72. The molecule has 164 valence electrons. The SMILES string of the molecule is C=C1CN(S(=O)(=O)c2ccc(C)cc2)CCC1=C(c1ccc(Cl)cc1)c1ccc(Cl)cc1. The van der Waals surface area contributed by atoms with Crippen LogP contribution in [-0.4, -0.2) is 25.8 Å². The Morgan fingerprint density at radius 1 is 0.844 bits per heavy atom. The number of nitrogens with zero attached hydrogens (tertiary/aromatic N) is 1. The van der Waals surface area contributed by atoms with E-state index in [2.05, 4.69) is 6.58 Å². The first-order valence-electron chi connectivity index (χ1n) is 10.3. The van der Waals surface area contributed by atoms with Crippen molar-refractivity contribution in [1.29, 1.82) is 0 Å². The van der Waals surface area contributed by atoms with Crippen LogP contribution in [0, 0.1) is 6.92 Å². The lowest BCUT2D eigenvalue weighted by molar-refractivity contribution is 0.422. The van der Waals surface area contributed by atoms with E-state index in [1.807, 2.05) is 67.6 Å². The van der Waals surface area contributed by atoms with Crippen molar-refractivity contribution in [2.75, 3.05) is 13.1 Å². The molecule has 0 radical (unpaired) electrons. The third kappa shape index (κ3) is 4.69. The van der Waals surface area contributed by atoms with Crippen LogP contribution < -0.4 is 0 Å². The third-order valence-corrected chi connectivity index (χ3v) is 7.99. The van der Waals surface area contributed by atoms with Crippen LogP contribution in [0.3, 0.4) is 0 Å². The number of rotatable bonds is 4. The molecule has 3 aromatic rings. The van der Waals surface area contributed by atoms with Gasteiger partial charge in [0, 0.05) is 23.1 Å². The number of hydrogen-bond acceptors (Lipinski definition) is 2. The molecule has 1 heterocycles. The molecular weight excluding hydrogens is 461 g/mol. The van der Waals surface area contributed by atoms with Gasteiger partial charge < -0.3 is 0 Å². The summed E-state index contributed by atoms with van der Waals surface area (Å²) in [6, 6.07) is 22.3. The first-order valence-corrected chi connectivity index (χ1v) is 12.5. The number of hydrogen-bond donors (Lipinski definition) is 0. The molecule has 1 saturated heterocycles. The summed E-state index contributed by atoms with van der Waals surface area (Å²) in [5.41, 5.74) is 5.88. The number of halogens is 2. The second-order valence-corrected chi connectivity index (χ2v) is 10.7. The molecule has 3 aromatic carbocycles. The van der Waals surface area contributed by atoms with Crippen molar-refractivity contribution in [3.8, 4) is 0 Å². The number of piperidine rings is 1. The minimum Gasteiger partial charge on any atom is -0.207 e. The van der Waals surface area contributed by atoms with Gasteiger partial charge in [-0.15, -0.1) is 0 Å². The minimum absolute atomic E-state index is 0.246. The Bertz CT molecular complexity index is 1230. The molecule has 3 nitrogen and oxygen atoms in total. The maximum Gasteiger partial charge on any atom is 0.243 e. The van der Waals surface area contributed by atoms with Crippen molar-refractivity contribution in [3.05, 3.63) is 117 Å². The zero-order valence-electron chi connectivity index (χ0n) is 17.7. The highest BCUT2D eigenvalue weighted by molar-refractivity contribution is 7.89. The van der Waals surface area contributed by atoms with Crippen LogP contribution in [-0.2, 0) is 10.0 Å². The standard InChI is InChI=1S/C26H23Cl2NO2S/c1-18-3-13-24(14-4-18)32(30,31)29-16-15-25(19(2)17-29)26(20-5-9-22(27)10-6-20)21-7-11-23(28)12-8-21/h3-14H,2,15-17H2,1H3. The molecule has 1 aliphatic heterocycles. The molecule has 4 rings (SSSR count). The zero-order chi connectivity index (χ0) is 22.9. The van der Waals surface area contributed by atoms with Crippen LogP contribution in [0.2, 0.25) is 10.0 Å². The molecule has 0 aliphatic carbocycles. The quantitative estimate of drug-likeness (QED) is 0.411. The van der Waals surface area contributed by atoms with Gasteiger partial charge in [-0.05, 0) is 77.6 Å².